The Bertz CT molecular complexity index is 1510. The molecule has 3 N–H and O–H groups in total. The van der Waals surface area contributed by atoms with Crippen molar-refractivity contribution < 1.29 is 38.6 Å². The van der Waals surface area contributed by atoms with Gasteiger partial charge >= 0.3 is 0 Å². The first-order valence-electron chi connectivity index (χ1n) is 12.2. The van der Waals surface area contributed by atoms with E-state index in [0.29, 0.717) is 5.56 Å². The number of fused-ring (bicyclic) bond motifs is 4. The molecule has 1 aromatic heterocycles. The lowest BCUT2D eigenvalue weighted by molar-refractivity contribution is -0.142. The van der Waals surface area contributed by atoms with Gasteiger partial charge in [0, 0.05) is 17.6 Å². The van der Waals surface area contributed by atoms with Gasteiger partial charge in [-0.15, -0.1) is 0 Å². The standard InChI is InChI=1S/C28H25FN2O7/c1-31(2)22-17-10-15-8-14-9-16(29)11-18(32)19(14)23(33)20(15)25(34)28(17,36)26(35)21-24(22)38-30-27(21)37-12-13-6-4-3-5-7-13/h3-7,9,11,15,17,22,32-33,36H,8,10,12H2,1-2H3/t15-,17-,22-,28-/m0/s1. The van der Waals surface area contributed by atoms with Crippen molar-refractivity contribution in [3.63, 3.8) is 0 Å². The predicted octanol–water partition coefficient (Wildman–Crippen LogP) is 3.36. The van der Waals surface area contributed by atoms with Crippen molar-refractivity contribution in [1.29, 1.82) is 0 Å². The number of ketones is 2. The number of hydrogen-bond donors (Lipinski definition) is 3. The Labute approximate surface area is 216 Å². The Morgan fingerprint density at radius 3 is 2.58 bits per heavy atom. The SMILES string of the molecule is CN(C)[C@@H]1c2onc(OCc3ccccc3)c2C(=O)[C@@]2(O)C(=O)C3=C(O)c4c(O)cc(F)cc4C[C@H]3C[C@@H]12. The number of phenols is 1. The molecular weight excluding hydrogens is 495 g/mol. The maximum atomic E-state index is 14.0. The molecule has 3 aliphatic rings. The van der Waals surface area contributed by atoms with Crippen LogP contribution in [0.15, 0.2) is 52.6 Å². The van der Waals surface area contributed by atoms with Crippen molar-refractivity contribution in [2.24, 2.45) is 11.8 Å². The lowest BCUT2D eigenvalue weighted by atomic mass is 9.57. The summed E-state index contributed by atoms with van der Waals surface area (Å²) in [7, 11) is 3.46. The minimum atomic E-state index is -2.54. The van der Waals surface area contributed by atoms with E-state index in [-0.39, 0.29) is 47.8 Å². The van der Waals surface area contributed by atoms with Crippen LogP contribution in [0.5, 0.6) is 11.6 Å². The minimum Gasteiger partial charge on any atom is -0.507 e. The number of ether oxygens (including phenoxy) is 1. The van der Waals surface area contributed by atoms with Gasteiger partial charge in [0.2, 0.25) is 11.6 Å². The minimum absolute atomic E-state index is 0.0713. The van der Waals surface area contributed by atoms with Crippen LogP contribution in [-0.2, 0) is 17.8 Å². The van der Waals surface area contributed by atoms with Gasteiger partial charge in [-0.1, -0.05) is 30.3 Å². The summed E-state index contributed by atoms with van der Waals surface area (Å²) in [5.41, 5.74) is -1.73. The van der Waals surface area contributed by atoms with E-state index in [1.165, 1.54) is 6.07 Å². The molecule has 3 aliphatic carbocycles. The van der Waals surface area contributed by atoms with Crippen LogP contribution in [-0.4, -0.2) is 56.6 Å². The van der Waals surface area contributed by atoms with Crippen molar-refractivity contribution in [2.75, 3.05) is 14.1 Å². The fourth-order valence-electron chi connectivity index (χ4n) is 6.24. The van der Waals surface area contributed by atoms with Gasteiger partial charge in [0.05, 0.1) is 11.6 Å². The second kappa shape index (κ2) is 8.50. The largest absolute Gasteiger partial charge is 0.507 e. The van der Waals surface area contributed by atoms with E-state index in [4.69, 9.17) is 9.26 Å². The normalized spacial score (nSPS) is 26.1. The molecule has 0 bridgehead atoms. The number of nitrogens with zero attached hydrogens (tertiary/aromatic N) is 2. The van der Waals surface area contributed by atoms with E-state index < -0.39 is 52.4 Å². The van der Waals surface area contributed by atoms with Crippen molar-refractivity contribution in [3.05, 3.63) is 81.9 Å². The second-order valence-corrected chi connectivity index (χ2v) is 10.3. The third-order valence-corrected chi connectivity index (χ3v) is 7.88. The van der Waals surface area contributed by atoms with E-state index in [2.05, 4.69) is 5.16 Å². The molecule has 0 spiro atoms. The Morgan fingerprint density at radius 2 is 1.87 bits per heavy atom. The first-order valence-corrected chi connectivity index (χ1v) is 12.2. The smallest absolute Gasteiger partial charge is 0.265 e. The molecule has 1 fully saturated rings. The van der Waals surface area contributed by atoms with Crippen LogP contribution in [0.4, 0.5) is 4.39 Å². The molecule has 6 rings (SSSR count). The summed E-state index contributed by atoms with van der Waals surface area (Å²) in [6.45, 7) is 0.0795. The van der Waals surface area contributed by atoms with Gasteiger partial charge in [0.15, 0.2) is 11.4 Å². The quantitative estimate of drug-likeness (QED) is 0.443. The number of aromatic hydroxyl groups is 1. The summed E-state index contributed by atoms with van der Waals surface area (Å²) in [6.07, 6.45) is 0.259. The zero-order chi connectivity index (χ0) is 26.9. The number of rotatable bonds is 4. The van der Waals surface area contributed by atoms with Crippen molar-refractivity contribution >= 4 is 17.3 Å². The number of carbonyl (C=O) groups is 2. The molecular formula is C28H25FN2O7. The number of Topliss-reactive ketones (excluding diaryl/α,β-unsaturated/α-hetero) is 2. The second-order valence-electron chi connectivity index (χ2n) is 10.3. The fourth-order valence-corrected chi connectivity index (χ4v) is 6.24. The first-order chi connectivity index (χ1) is 18.1. The summed E-state index contributed by atoms with van der Waals surface area (Å²) in [5.74, 6) is -5.14. The van der Waals surface area contributed by atoms with Crippen LogP contribution in [0.25, 0.3) is 5.76 Å². The Morgan fingerprint density at radius 1 is 1.13 bits per heavy atom. The molecule has 0 amide bonds. The maximum Gasteiger partial charge on any atom is 0.265 e. The van der Waals surface area contributed by atoms with Crippen molar-refractivity contribution in [1.82, 2.24) is 10.1 Å². The molecule has 1 heterocycles. The highest BCUT2D eigenvalue weighted by Gasteiger charge is 2.65. The average Bonchev–Trinajstić information content (AvgIpc) is 3.28. The van der Waals surface area contributed by atoms with Crippen LogP contribution in [0.1, 0.15) is 45.3 Å². The number of halogens is 1. The zero-order valence-corrected chi connectivity index (χ0v) is 20.6. The van der Waals surface area contributed by atoms with Gasteiger partial charge in [-0.05, 0) is 55.2 Å². The number of aliphatic hydroxyl groups excluding tert-OH is 1. The number of aliphatic hydroxyl groups is 2. The summed E-state index contributed by atoms with van der Waals surface area (Å²) in [6, 6.07) is 10.5. The Kier molecular flexibility index (Phi) is 5.44. The van der Waals surface area contributed by atoms with Gasteiger partial charge in [0.25, 0.3) is 5.88 Å². The first kappa shape index (κ1) is 24.3. The van der Waals surface area contributed by atoms with Gasteiger partial charge in [-0.3, -0.25) is 14.5 Å². The molecule has 0 saturated heterocycles. The molecule has 0 aliphatic heterocycles. The highest BCUT2D eigenvalue weighted by molar-refractivity contribution is 6.26. The average molecular weight is 521 g/mol. The van der Waals surface area contributed by atoms with E-state index in [0.717, 1.165) is 11.6 Å². The van der Waals surface area contributed by atoms with Gasteiger partial charge in [0.1, 0.15) is 29.5 Å². The van der Waals surface area contributed by atoms with Crippen molar-refractivity contribution in [3.8, 4) is 11.6 Å². The summed E-state index contributed by atoms with van der Waals surface area (Å²) in [4.78, 5) is 29.6. The summed E-state index contributed by atoms with van der Waals surface area (Å²) < 4.78 is 25.4. The topological polar surface area (TPSA) is 133 Å². The third kappa shape index (κ3) is 3.33. The summed E-state index contributed by atoms with van der Waals surface area (Å²) in [5, 5.41) is 37.3. The maximum absolute atomic E-state index is 14.0. The molecule has 2 aromatic carbocycles. The molecule has 9 nitrogen and oxygen atoms in total. The number of hydrogen-bond acceptors (Lipinski definition) is 9. The van der Waals surface area contributed by atoms with E-state index >= 15 is 0 Å². The summed E-state index contributed by atoms with van der Waals surface area (Å²) >= 11 is 0. The molecule has 196 valence electrons. The van der Waals surface area contributed by atoms with E-state index in [1.807, 2.05) is 30.3 Å². The number of carbonyl (C=O) groups excluding carboxylic acids is 2. The lowest BCUT2D eigenvalue weighted by Crippen LogP contribution is -2.63. The molecule has 3 aromatic rings. The molecule has 1 saturated carbocycles. The van der Waals surface area contributed by atoms with Gasteiger partial charge < -0.3 is 24.6 Å². The Hall–Kier alpha value is -4.02. The fraction of sp³-hybridized carbons (Fsp3) is 0.321. The predicted molar refractivity (Wildman–Crippen MR) is 131 cm³/mol. The van der Waals surface area contributed by atoms with Crippen molar-refractivity contribution in [2.45, 2.75) is 31.1 Å². The van der Waals surface area contributed by atoms with Crippen LogP contribution >= 0.6 is 0 Å². The Balaban J connectivity index is 1.46. The lowest BCUT2D eigenvalue weighted by Gasteiger charge is -2.49. The molecule has 0 radical (unpaired) electrons. The molecule has 0 unspecified atom stereocenters. The highest BCUT2D eigenvalue weighted by atomic mass is 19.1. The molecule has 10 heteroatoms. The molecule has 38 heavy (non-hydrogen) atoms. The van der Waals surface area contributed by atoms with Crippen LogP contribution < -0.4 is 4.74 Å². The number of aromatic nitrogens is 1. The van der Waals surface area contributed by atoms with Gasteiger partial charge in [-0.25, -0.2) is 4.39 Å². The molecule has 4 atom stereocenters. The van der Waals surface area contributed by atoms with E-state index in [9.17, 15) is 29.3 Å². The third-order valence-electron chi connectivity index (χ3n) is 7.88. The van der Waals surface area contributed by atoms with Crippen LogP contribution in [0.3, 0.4) is 0 Å². The monoisotopic (exact) mass is 520 g/mol. The van der Waals surface area contributed by atoms with Crippen LogP contribution in [0.2, 0.25) is 0 Å². The number of phenolic OH excluding ortho intramolecular Hbond substituents is 1. The van der Waals surface area contributed by atoms with E-state index in [1.54, 1.807) is 19.0 Å². The number of benzene rings is 2. The van der Waals surface area contributed by atoms with Gasteiger partial charge in [-0.2, -0.15) is 0 Å². The highest BCUT2D eigenvalue weighted by Crippen LogP contribution is 2.55. The van der Waals surface area contributed by atoms with Crippen LogP contribution in [0, 0.1) is 17.7 Å². The zero-order valence-electron chi connectivity index (χ0n) is 20.6.